The molecule has 0 spiro atoms. The van der Waals surface area contributed by atoms with Crippen LogP contribution in [-0.4, -0.2) is 33.0 Å². The third-order valence-electron chi connectivity index (χ3n) is 3.32. The van der Waals surface area contributed by atoms with Crippen LogP contribution < -0.4 is 16.0 Å². The Labute approximate surface area is 127 Å². The summed E-state index contributed by atoms with van der Waals surface area (Å²) in [5.74, 6) is 6.93. The second-order valence-corrected chi connectivity index (χ2v) is 5.19. The number of benzene rings is 1. The van der Waals surface area contributed by atoms with Gasteiger partial charge in [-0.1, -0.05) is 32.0 Å². The Morgan fingerprint density at radius 1 is 1.19 bits per heavy atom. The Morgan fingerprint density at radius 3 is 2.48 bits per heavy atom. The first kappa shape index (κ1) is 17.9. The summed E-state index contributed by atoms with van der Waals surface area (Å²) in [6, 6.07) is 7.76. The first-order chi connectivity index (χ1) is 10.2. The Bertz CT molecular complexity index is 399. The zero-order chi connectivity index (χ0) is 15.7. The first-order valence-corrected chi connectivity index (χ1v) is 7.44. The summed E-state index contributed by atoms with van der Waals surface area (Å²) < 4.78 is 16.7. The third kappa shape index (κ3) is 5.28. The van der Waals surface area contributed by atoms with Gasteiger partial charge in [-0.3, -0.25) is 11.3 Å². The van der Waals surface area contributed by atoms with E-state index in [4.69, 9.17) is 20.1 Å². The highest BCUT2D eigenvalue weighted by Gasteiger charge is 2.27. The Morgan fingerprint density at radius 2 is 1.90 bits per heavy atom. The van der Waals surface area contributed by atoms with Gasteiger partial charge in [0.1, 0.15) is 12.4 Å². The van der Waals surface area contributed by atoms with Gasteiger partial charge in [0.25, 0.3) is 0 Å². The summed E-state index contributed by atoms with van der Waals surface area (Å²) in [7, 11) is 1.66. The van der Waals surface area contributed by atoms with Crippen molar-refractivity contribution in [2.24, 2.45) is 11.8 Å². The van der Waals surface area contributed by atoms with E-state index in [9.17, 15) is 0 Å². The van der Waals surface area contributed by atoms with Gasteiger partial charge in [-0.05, 0) is 18.9 Å². The summed E-state index contributed by atoms with van der Waals surface area (Å²) in [4.78, 5) is 0. The van der Waals surface area contributed by atoms with Crippen molar-refractivity contribution in [3.05, 3.63) is 29.8 Å². The van der Waals surface area contributed by atoms with E-state index in [1.807, 2.05) is 31.2 Å². The number of ether oxygens (including phenoxy) is 3. The lowest BCUT2D eigenvalue weighted by molar-refractivity contribution is 0.00201. The molecule has 0 fully saturated rings. The second-order valence-electron chi connectivity index (χ2n) is 5.19. The predicted molar refractivity (Wildman–Crippen MR) is 84.1 cm³/mol. The zero-order valence-corrected chi connectivity index (χ0v) is 13.5. The lowest BCUT2D eigenvalue weighted by Gasteiger charge is -2.30. The largest absolute Gasteiger partial charge is 0.491 e. The van der Waals surface area contributed by atoms with Crippen LogP contribution in [0.25, 0.3) is 0 Å². The summed E-state index contributed by atoms with van der Waals surface area (Å²) in [6.45, 7) is 7.94. The van der Waals surface area contributed by atoms with Crippen LogP contribution in [0.15, 0.2) is 24.3 Å². The van der Waals surface area contributed by atoms with Gasteiger partial charge in [0.15, 0.2) is 0 Å². The smallest absolute Gasteiger partial charge is 0.124 e. The van der Waals surface area contributed by atoms with Crippen LogP contribution in [0.1, 0.15) is 32.4 Å². The molecule has 0 saturated heterocycles. The molecule has 0 saturated carbocycles. The lowest BCUT2D eigenvalue weighted by atomic mass is 9.93. The van der Waals surface area contributed by atoms with Crippen LogP contribution in [0.3, 0.4) is 0 Å². The number of hydrogen-bond acceptors (Lipinski definition) is 5. The Balaban J connectivity index is 2.97. The first-order valence-electron chi connectivity index (χ1n) is 7.44. The summed E-state index contributed by atoms with van der Waals surface area (Å²) >= 11 is 0. The second kappa shape index (κ2) is 9.73. The van der Waals surface area contributed by atoms with E-state index in [1.165, 1.54) is 0 Å². The van der Waals surface area contributed by atoms with Crippen LogP contribution in [0, 0.1) is 5.92 Å². The normalized spacial score (nSPS) is 14.2. The monoisotopic (exact) mass is 296 g/mol. The van der Waals surface area contributed by atoms with Gasteiger partial charge in [0, 0.05) is 19.3 Å². The average Bonchev–Trinajstić information content (AvgIpc) is 2.48. The van der Waals surface area contributed by atoms with E-state index in [1.54, 1.807) is 7.11 Å². The maximum atomic E-state index is 5.87. The molecule has 3 N–H and O–H groups in total. The fourth-order valence-electron chi connectivity index (χ4n) is 2.33. The molecule has 2 unspecified atom stereocenters. The minimum Gasteiger partial charge on any atom is -0.491 e. The maximum Gasteiger partial charge on any atom is 0.124 e. The predicted octanol–water partition coefficient (Wildman–Crippen LogP) is 2.28. The highest BCUT2D eigenvalue weighted by Crippen LogP contribution is 2.31. The van der Waals surface area contributed by atoms with Crippen LogP contribution in [0.2, 0.25) is 0 Å². The minimum atomic E-state index is -0.122. The van der Waals surface area contributed by atoms with Crippen molar-refractivity contribution < 1.29 is 14.2 Å². The van der Waals surface area contributed by atoms with Crippen LogP contribution in [-0.2, 0) is 9.47 Å². The summed E-state index contributed by atoms with van der Waals surface area (Å²) in [5.41, 5.74) is 3.88. The van der Waals surface area contributed by atoms with E-state index in [0.717, 1.165) is 11.3 Å². The molecule has 0 aliphatic rings. The molecule has 21 heavy (non-hydrogen) atoms. The van der Waals surface area contributed by atoms with E-state index in [-0.39, 0.29) is 12.1 Å². The molecule has 1 aromatic rings. The molecule has 0 amide bonds. The number of para-hydroxylation sites is 1. The van der Waals surface area contributed by atoms with Crippen molar-refractivity contribution in [1.82, 2.24) is 5.43 Å². The quantitative estimate of drug-likeness (QED) is 0.394. The van der Waals surface area contributed by atoms with Crippen molar-refractivity contribution in [1.29, 1.82) is 0 Å². The molecule has 1 rings (SSSR count). The van der Waals surface area contributed by atoms with Gasteiger partial charge in [0.2, 0.25) is 0 Å². The fraction of sp³-hybridized carbons (Fsp3) is 0.625. The molecule has 5 nitrogen and oxygen atoms in total. The Kier molecular flexibility index (Phi) is 8.30. The molecule has 2 atom stereocenters. The van der Waals surface area contributed by atoms with Gasteiger partial charge in [-0.25, -0.2) is 0 Å². The Hall–Kier alpha value is -1.14. The van der Waals surface area contributed by atoms with Crippen LogP contribution >= 0.6 is 0 Å². The minimum absolute atomic E-state index is 0.0211. The number of nitrogens with one attached hydrogen (secondary N) is 1. The summed E-state index contributed by atoms with van der Waals surface area (Å²) in [6.07, 6.45) is -0.0211. The molecule has 120 valence electrons. The molecule has 0 radical (unpaired) electrons. The molecule has 0 heterocycles. The van der Waals surface area contributed by atoms with Gasteiger partial charge >= 0.3 is 0 Å². The fourth-order valence-corrected chi connectivity index (χ4v) is 2.33. The zero-order valence-electron chi connectivity index (χ0n) is 13.5. The molecule has 0 aliphatic heterocycles. The van der Waals surface area contributed by atoms with Gasteiger partial charge in [0.05, 0.1) is 18.8 Å². The number of rotatable bonds is 10. The highest BCUT2D eigenvalue weighted by atomic mass is 16.5. The van der Waals surface area contributed by atoms with Crippen molar-refractivity contribution in [2.45, 2.75) is 32.9 Å². The van der Waals surface area contributed by atoms with E-state index < -0.39 is 0 Å². The molecular formula is C16H28N2O3. The lowest BCUT2D eigenvalue weighted by Crippen LogP contribution is -2.41. The van der Waals surface area contributed by atoms with Crippen LogP contribution in [0.4, 0.5) is 0 Å². The summed E-state index contributed by atoms with van der Waals surface area (Å²) in [5, 5.41) is 0. The third-order valence-corrected chi connectivity index (χ3v) is 3.32. The van der Waals surface area contributed by atoms with Crippen molar-refractivity contribution in [2.75, 3.05) is 26.9 Å². The topological polar surface area (TPSA) is 65.7 Å². The molecule has 0 bridgehead atoms. The van der Waals surface area contributed by atoms with E-state index in [0.29, 0.717) is 25.7 Å². The number of methoxy groups -OCH3 is 1. The van der Waals surface area contributed by atoms with Crippen molar-refractivity contribution in [3.63, 3.8) is 0 Å². The average molecular weight is 296 g/mol. The molecule has 0 aromatic heterocycles. The van der Waals surface area contributed by atoms with E-state index in [2.05, 4.69) is 19.3 Å². The van der Waals surface area contributed by atoms with Crippen LogP contribution in [0.5, 0.6) is 5.75 Å². The molecular weight excluding hydrogens is 268 g/mol. The number of hydrogen-bond donors (Lipinski definition) is 2. The van der Waals surface area contributed by atoms with Crippen molar-refractivity contribution >= 4 is 0 Å². The van der Waals surface area contributed by atoms with Crippen molar-refractivity contribution in [3.8, 4) is 5.75 Å². The molecule has 5 heteroatoms. The van der Waals surface area contributed by atoms with Gasteiger partial charge in [-0.2, -0.15) is 0 Å². The molecule has 1 aromatic carbocycles. The van der Waals surface area contributed by atoms with E-state index >= 15 is 0 Å². The maximum absolute atomic E-state index is 5.87. The highest BCUT2D eigenvalue weighted by molar-refractivity contribution is 5.36. The standard InChI is InChI=1S/C16H28N2O3/c1-5-20-16(12(2)3)15(18-17)13-8-6-7-9-14(13)21-11-10-19-4/h6-9,12,15-16,18H,5,10-11,17H2,1-4H3. The molecule has 0 aliphatic carbocycles. The SMILES string of the molecule is CCOC(C(C)C)C(NN)c1ccccc1OCCOC. The van der Waals surface area contributed by atoms with Gasteiger partial charge < -0.3 is 14.2 Å². The number of hydrazine groups is 1. The van der Waals surface area contributed by atoms with Gasteiger partial charge in [-0.15, -0.1) is 0 Å². The number of nitrogens with two attached hydrogens (primary N) is 1.